The number of carboxylic acid groups (broad SMARTS) is 1. The number of rotatable bonds is 2. The Morgan fingerprint density at radius 1 is 1.00 bits per heavy atom. The Morgan fingerprint density at radius 3 is 2.15 bits per heavy atom. The van der Waals surface area contributed by atoms with E-state index in [1.807, 2.05) is 4.90 Å². The number of carboxylic acids is 1. The number of nitrogens with zero attached hydrogens (tertiary/aromatic N) is 2. The molecule has 3 rings (SSSR count). The van der Waals surface area contributed by atoms with Crippen LogP contribution in [-0.4, -0.2) is 53.1 Å². The Labute approximate surface area is 119 Å². The van der Waals surface area contributed by atoms with Crippen LogP contribution in [0.2, 0.25) is 0 Å². The van der Waals surface area contributed by atoms with E-state index in [9.17, 15) is 9.59 Å². The fourth-order valence-electron chi connectivity index (χ4n) is 4.10. The van der Waals surface area contributed by atoms with Crippen LogP contribution in [0, 0.1) is 11.3 Å². The minimum Gasteiger partial charge on any atom is -0.481 e. The molecule has 2 heterocycles. The molecule has 2 saturated heterocycles. The van der Waals surface area contributed by atoms with E-state index in [0.717, 1.165) is 25.9 Å². The number of aliphatic carboxylic acids is 1. The quantitative estimate of drug-likeness (QED) is 0.843. The molecule has 0 bridgehead atoms. The van der Waals surface area contributed by atoms with Gasteiger partial charge in [0.2, 0.25) is 0 Å². The van der Waals surface area contributed by atoms with E-state index in [1.54, 1.807) is 4.90 Å². The van der Waals surface area contributed by atoms with Gasteiger partial charge >= 0.3 is 12.0 Å². The van der Waals surface area contributed by atoms with Crippen molar-refractivity contribution in [2.24, 2.45) is 11.3 Å². The Balaban J connectivity index is 1.45. The van der Waals surface area contributed by atoms with Crippen LogP contribution in [0.1, 0.15) is 44.9 Å². The van der Waals surface area contributed by atoms with Crippen molar-refractivity contribution < 1.29 is 14.7 Å². The van der Waals surface area contributed by atoms with Gasteiger partial charge in [-0.3, -0.25) is 4.79 Å². The van der Waals surface area contributed by atoms with Gasteiger partial charge in [0.1, 0.15) is 0 Å². The van der Waals surface area contributed by atoms with E-state index in [2.05, 4.69) is 0 Å². The number of carbonyl (C=O) groups excluding carboxylic acids is 1. The number of amides is 2. The molecule has 1 spiro atoms. The maximum atomic E-state index is 12.3. The lowest BCUT2D eigenvalue weighted by Crippen LogP contribution is -2.57. The molecule has 5 heteroatoms. The van der Waals surface area contributed by atoms with Crippen molar-refractivity contribution in [3.05, 3.63) is 0 Å². The first-order valence-corrected chi connectivity index (χ1v) is 7.84. The summed E-state index contributed by atoms with van der Waals surface area (Å²) in [5.74, 6) is -0.606. The number of likely N-dealkylation sites (tertiary alicyclic amines) is 2. The van der Waals surface area contributed by atoms with Gasteiger partial charge in [0.05, 0.1) is 6.42 Å². The molecule has 5 nitrogen and oxygen atoms in total. The highest BCUT2D eigenvalue weighted by molar-refractivity contribution is 5.76. The maximum absolute atomic E-state index is 12.3. The summed E-state index contributed by atoms with van der Waals surface area (Å²) in [5, 5.41) is 8.73. The molecule has 0 unspecified atom stereocenters. The molecule has 1 aliphatic carbocycles. The summed E-state index contributed by atoms with van der Waals surface area (Å²) in [6.07, 6.45) is 7.91. The summed E-state index contributed by atoms with van der Waals surface area (Å²) in [7, 11) is 0. The smallest absolute Gasteiger partial charge is 0.320 e. The van der Waals surface area contributed by atoms with Crippen molar-refractivity contribution in [1.82, 2.24) is 9.80 Å². The number of hydrogen-bond acceptors (Lipinski definition) is 2. The van der Waals surface area contributed by atoms with Crippen molar-refractivity contribution in [2.75, 3.05) is 26.2 Å². The normalized spacial score (nSPS) is 25.8. The Kier molecular flexibility index (Phi) is 3.61. The first-order chi connectivity index (χ1) is 9.58. The predicted octanol–water partition coefficient (Wildman–Crippen LogP) is 2.17. The van der Waals surface area contributed by atoms with E-state index in [4.69, 9.17) is 5.11 Å². The minimum atomic E-state index is -0.761. The van der Waals surface area contributed by atoms with Gasteiger partial charge in [-0.2, -0.15) is 0 Å². The van der Waals surface area contributed by atoms with Crippen molar-refractivity contribution in [2.45, 2.75) is 44.9 Å². The average molecular weight is 280 g/mol. The largest absolute Gasteiger partial charge is 0.481 e. The van der Waals surface area contributed by atoms with Crippen molar-refractivity contribution >= 4 is 12.0 Å². The maximum Gasteiger partial charge on any atom is 0.320 e. The first-order valence-electron chi connectivity index (χ1n) is 7.84. The molecule has 0 aromatic heterocycles. The van der Waals surface area contributed by atoms with Gasteiger partial charge in [-0.25, -0.2) is 4.79 Å². The van der Waals surface area contributed by atoms with E-state index < -0.39 is 5.97 Å². The average Bonchev–Trinajstić information content (AvgIpc) is 2.82. The third-order valence-corrected chi connectivity index (χ3v) is 5.45. The van der Waals surface area contributed by atoms with Crippen LogP contribution in [0.15, 0.2) is 0 Å². The van der Waals surface area contributed by atoms with Crippen LogP contribution in [0.3, 0.4) is 0 Å². The fourth-order valence-corrected chi connectivity index (χ4v) is 4.10. The fraction of sp³-hybridized carbons (Fsp3) is 0.867. The highest BCUT2D eigenvalue weighted by atomic mass is 16.4. The SMILES string of the molecule is O=C(O)CC1CN(C(=O)N2CCC3(CCCC3)CC2)C1. The monoisotopic (exact) mass is 280 g/mol. The lowest BCUT2D eigenvalue weighted by atomic mass is 9.77. The summed E-state index contributed by atoms with van der Waals surface area (Å²) < 4.78 is 0. The first kappa shape index (κ1) is 13.7. The second kappa shape index (κ2) is 5.26. The molecule has 0 atom stereocenters. The molecular weight excluding hydrogens is 256 g/mol. The highest BCUT2D eigenvalue weighted by Gasteiger charge is 2.40. The molecular formula is C15H24N2O3. The summed E-state index contributed by atoms with van der Waals surface area (Å²) >= 11 is 0. The minimum absolute atomic E-state index is 0.125. The lowest BCUT2D eigenvalue weighted by molar-refractivity contribution is -0.139. The second-order valence-electron chi connectivity index (χ2n) is 6.85. The molecule has 3 aliphatic rings. The molecule has 112 valence electrons. The van der Waals surface area contributed by atoms with Crippen molar-refractivity contribution in [3.63, 3.8) is 0 Å². The van der Waals surface area contributed by atoms with E-state index >= 15 is 0 Å². The van der Waals surface area contributed by atoms with Crippen molar-refractivity contribution in [3.8, 4) is 0 Å². The number of carbonyl (C=O) groups is 2. The number of piperidine rings is 1. The van der Waals surface area contributed by atoms with Gasteiger partial charge < -0.3 is 14.9 Å². The molecule has 2 aliphatic heterocycles. The number of hydrogen-bond donors (Lipinski definition) is 1. The standard InChI is InChI=1S/C15H24N2O3/c18-13(19)9-12-10-17(11-12)14(20)16-7-5-15(6-8-16)3-1-2-4-15/h12H,1-11H2,(H,18,19). The zero-order valence-electron chi connectivity index (χ0n) is 12.0. The highest BCUT2D eigenvalue weighted by Crippen LogP contribution is 2.46. The molecule has 0 aromatic carbocycles. The van der Waals surface area contributed by atoms with Gasteiger partial charge in [0.25, 0.3) is 0 Å². The summed E-state index contributed by atoms with van der Waals surface area (Å²) in [4.78, 5) is 26.7. The van der Waals surface area contributed by atoms with E-state index in [1.165, 1.54) is 25.7 Å². The topological polar surface area (TPSA) is 60.9 Å². The molecule has 3 fully saturated rings. The summed E-state index contributed by atoms with van der Waals surface area (Å²) in [6.45, 7) is 3.01. The zero-order chi connectivity index (χ0) is 14.2. The third-order valence-electron chi connectivity index (χ3n) is 5.45. The Morgan fingerprint density at radius 2 is 1.60 bits per heavy atom. The van der Waals surface area contributed by atoms with Crippen LogP contribution in [-0.2, 0) is 4.79 Å². The molecule has 20 heavy (non-hydrogen) atoms. The Bertz CT molecular complexity index is 388. The number of urea groups is 1. The zero-order valence-corrected chi connectivity index (χ0v) is 12.0. The second-order valence-corrected chi connectivity index (χ2v) is 6.85. The van der Waals surface area contributed by atoms with Gasteiger partial charge in [0.15, 0.2) is 0 Å². The van der Waals surface area contributed by atoms with Gasteiger partial charge in [0, 0.05) is 32.1 Å². The van der Waals surface area contributed by atoms with Crippen LogP contribution < -0.4 is 0 Å². The summed E-state index contributed by atoms with van der Waals surface area (Å²) in [6, 6.07) is 0.125. The lowest BCUT2D eigenvalue weighted by Gasteiger charge is -2.45. The predicted molar refractivity (Wildman–Crippen MR) is 74.4 cm³/mol. The summed E-state index contributed by atoms with van der Waals surface area (Å²) in [5.41, 5.74) is 0.539. The van der Waals surface area contributed by atoms with Gasteiger partial charge in [-0.1, -0.05) is 12.8 Å². The van der Waals surface area contributed by atoms with Gasteiger partial charge in [-0.15, -0.1) is 0 Å². The molecule has 2 amide bonds. The third kappa shape index (κ3) is 2.63. The van der Waals surface area contributed by atoms with Gasteiger partial charge in [-0.05, 0) is 31.1 Å². The van der Waals surface area contributed by atoms with E-state index in [-0.39, 0.29) is 18.4 Å². The van der Waals surface area contributed by atoms with E-state index in [0.29, 0.717) is 18.5 Å². The van der Waals surface area contributed by atoms with Crippen LogP contribution in [0.4, 0.5) is 4.79 Å². The molecule has 0 aromatic rings. The molecule has 1 N–H and O–H groups in total. The Hall–Kier alpha value is -1.26. The van der Waals surface area contributed by atoms with Crippen LogP contribution in [0.5, 0.6) is 0 Å². The molecule has 1 saturated carbocycles. The molecule has 0 radical (unpaired) electrons. The van der Waals surface area contributed by atoms with Crippen LogP contribution >= 0.6 is 0 Å². The van der Waals surface area contributed by atoms with Crippen molar-refractivity contribution in [1.29, 1.82) is 0 Å². The van der Waals surface area contributed by atoms with Crippen LogP contribution in [0.25, 0.3) is 0 Å².